The number of hydrogen-bond donors (Lipinski definition) is 0. The van der Waals surface area contributed by atoms with E-state index in [1.54, 1.807) is 12.1 Å². The van der Waals surface area contributed by atoms with Crippen LogP contribution in [0.3, 0.4) is 0 Å². The lowest BCUT2D eigenvalue weighted by Crippen LogP contribution is -2.37. The van der Waals surface area contributed by atoms with E-state index in [9.17, 15) is 8.42 Å². The van der Waals surface area contributed by atoms with Crippen LogP contribution in [0.5, 0.6) is 11.5 Å². The molecule has 0 unspecified atom stereocenters. The van der Waals surface area contributed by atoms with Crippen LogP contribution in [-0.4, -0.2) is 42.7 Å². The summed E-state index contributed by atoms with van der Waals surface area (Å²) >= 11 is 5.86. The molecule has 0 N–H and O–H groups in total. The summed E-state index contributed by atoms with van der Waals surface area (Å²) in [5.74, 6) is 2.35. The van der Waals surface area contributed by atoms with Crippen LogP contribution in [-0.2, 0) is 10.0 Å². The summed E-state index contributed by atoms with van der Waals surface area (Å²) in [6, 6.07) is 11.7. The molecule has 156 valence electrons. The Morgan fingerprint density at radius 1 is 1.00 bits per heavy atom. The fraction of sp³-hybridized carbons (Fsp3) is 0.300. The van der Waals surface area contributed by atoms with E-state index in [0.717, 1.165) is 5.56 Å². The van der Waals surface area contributed by atoms with Gasteiger partial charge >= 0.3 is 0 Å². The molecule has 0 bridgehead atoms. The molecule has 0 spiro atoms. The zero-order valence-electron chi connectivity index (χ0n) is 15.8. The number of aromatic nitrogens is 2. The Hall–Kier alpha value is -2.62. The molecule has 2 aliphatic rings. The highest BCUT2D eigenvalue weighted by Crippen LogP contribution is 2.36. The number of ether oxygens (including phenoxy) is 2. The second-order valence-electron chi connectivity index (χ2n) is 7.16. The molecule has 0 aliphatic carbocycles. The molecule has 0 atom stereocenters. The van der Waals surface area contributed by atoms with E-state index < -0.39 is 10.0 Å². The lowest BCUT2D eigenvalue weighted by molar-refractivity contribution is 0.174. The Balaban J connectivity index is 1.28. The first-order valence-electron chi connectivity index (χ1n) is 9.50. The van der Waals surface area contributed by atoms with E-state index in [-0.39, 0.29) is 17.6 Å². The van der Waals surface area contributed by atoms with Gasteiger partial charge < -0.3 is 14.0 Å². The molecule has 3 aromatic rings. The maximum Gasteiger partial charge on any atom is 0.243 e. The highest BCUT2D eigenvalue weighted by atomic mass is 35.5. The predicted molar refractivity (Wildman–Crippen MR) is 108 cm³/mol. The summed E-state index contributed by atoms with van der Waals surface area (Å²) < 4.78 is 43.3. The van der Waals surface area contributed by atoms with Gasteiger partial charge in [0.25, 0.3) is 0 Å². The normalized spacial score (nSPS) is 17.4. The van der Waals surface area contributed by atoms with Gasteiger partial charge in [0.1, 0.15) is 0 Å². The fourth-order valence-electron chi connectivity index (χ4n) is 3.65. The number of halogens is 1. The van der Waals surface area contributed by atoms with E-state index in [1.165, 1.54) is 16.4 Å². The summed E-state index contributed by atoms with van der Waals surface area (Å²) in [6.07, 6.45) is 1.21. The van der Waals surface area contributed by atoms with Crippen LogP contribution in [0.2, 0.25) is 5.02 Å². The minimum Gasteiger partial charge on any atom is -0.454 e. The Morgan fingerprint density at radius 3 is 2.50 bits per heavy atom. The van der Waals surface area contributed by atoms with Gasteiger partial charge in [-0.1, -0.05) is 16.8 Å². The largest absolute Gasteiger partial charge is 0.454 e. The average Bonchev–Trinajstić information content (AvgIpc) is 3.43. The molecule has 0 radical (unpaired) electrons. The number of sulfonamides is 1. The van der Waals surface area contributed by atoms with E-state index >= 15 is 0 Å². The minimum atomic E-state index is -3.55. The lowest BCUT2D eigenvalue weighted by atomic mass is 9.98. The monoisotopic (exact) mass is 447 g/mol. The minimum absolute atomic E-state index is 0.0110. The molecule has 5 rings (SSSR count). The van der Waals surface area contributed by atoms with Crippen molar-refractivity contribution in [3.05, 3.63) is 53.4 Å². The van der Waals surface area contributed by atoms with Crippen molar-refractivity contribution in [2.45, 2.75) is 23.7 Å². The van der Waals surface area contributed by atoms with E-state index in [2.05, 4.69) is 10.1 Å². The number of nitrogens with zero attached hydrogens (tertiary/aromatic N) is 3. The number of rotatable bonds is 4. The maximum absolute atomic E-state index is 12.8. The van der Waals surface area contributed by atoms with Crippen LogP contribution < -0.4 is 9.47 Å². The smallest absolute Gasteiger partial charge is 0.243 e. The molecule has 0 saturated carbocycles. The van der Waals surface area contributed by atoms with Crippen molar-refractivity contribution in [3.63, 3.8) is 0 Å². The van der Waals surface area contributed by atoms with Gasteiger partial charge in [0, 0.05) is 29.6 Å². The Kier molecular flexibility index (Phi) is 4.88. The third-order valence-electron chi connectivity index (χ3n) is 5.33. The Morgan fingerprint density at radius 2 is 1.73 bits per heavy atom. The highest BCUT2D eigenvalue weighted by Gasteiger charge is 2.32. The number of piperidine rings is 1. The molecular weight excluding hydrogens is 430 g/mol. The first-order valence-corrected chi connectivity index (χ1v) is 11.3. The lowest BCUT2D eigenvalue weighted by Gasteiger charge is -2.29. The summed E-state index contributed by atoms with van der Waals surface area (Å²) in [6.45, 7) is 0.975. The summed E-state index contributed by atoms with van der Waals surface area (Å²) in [5, 5.41) is 4.59. The van der Waals surface area contributed by atoms with Crippen LogP contribution in [0.15, 0.2) is 51.9 Å². The van der Waals surface area contributed by atoms with E-state index in [0.29, 0.717) is 54.2 Å². The van der Waals surface area contributed by atoms with Gasteiger partial charge in [-0.25, -0.2) is 8.42 Å². The maximum atomic E-state index is 12.8. The van der Waals surface area contributed by atoms with Crippen LogP contribution in [0.1, 0.15) is 24.7 Å². The second-order valence-corrected chi connectivity index (χ2v) is 9.53. The van der Waals surface area contributed by atoms with Gasteiger partial charge in [-0.15, -0.1) is 0 Å². The third kappa shape index (κ3) is 3.53. The third-order valence-corrected chi connectivity index (χ3v) is 7.49. The highest BCUT2D eigenvalue weighted by molar-refractivity contribution is 7.89. The molecule has 10 heteroatoms. The van der Waals surface area contributed by atoms with Gasteiger partial charge in [-0.2, -0.15) is 9.29 Å². The van der Waals surface area contributed by atoms with E-state index in [4.69, 9.17) is 25.6 Å². The van der Waals surface area contributed by atoms with Crippen molar-refractivity contribution in [3.8, 4) is 22.9 Å². The molecule has 1 aromatic heterocycles. The van der Waals surface area contributed by atoms with Crippen molar-refractivity contribution in [2.24, 2.45) is 0 Å². The van der Waals surface area contributed by atoms with Crippen molar-refractivity contribution in [2.75, 3.05) is 19.9 Å². The van der Waals surface area contributed by atoms with Crippen LogP contribution in [0, 0.1) is 0 Å². The molecule has 0 amide bonds. The van der Waals surface area contributed by atoms with E-state index in [1.807, 2.05) is 18.2 Å². The Labute approximate surface area is 178 Å². The van der Waals surface area contributed by atoms with Crippen LogP contribution in [0.25, 0.3) is 11.4 Å². The zero-order valence-corrected chi connectivity index (χ0v) is 17.4. The first-order chi connectivity index (χ1) is 14.5. The number of hydrogen-bond acceptors (Lipinski definition) is 7. The van der Waals surface area contributed by atoms with Gasteiger partial charge in [0.05, 0.1) is 4.90 Å². The van der Waals surface area contributed by atoms with Gasteiger partial charge in [-0.3, -0.25) is 0 Å². The summed E-state index contributed by atoms with van der Waals surface area (Å²) in [4.78, 5) is 4.77. The molecule has 1 fully saturated rings. The van der Waals surface area contributed by atoms with Crippen molar-refractivity contribution in [1.82, 2.24) is 14.4 Å². The second kappa shape index (κ2) is 7.57. The standard InChI is InChI=1S/C20H18ClN3O5S/c21-15-2-4-16(5-3-15)30(25,26)24-9-7-13(8-10-24)20-22-19(23-29-20)14-1-6-17-18(11-14)28-12-27-17/h1-6,11,13H,7-10,12H2. The van der Waals surface area contributed by atoms with Gasteiger partial charge in [-0.05, 0) is 55.3 Å². The number of fused-ring (bicyclic) bond motifs is 1. The quantitative estimate of drug-likeness (QED) is 0.601. The zero-order chi connectivity index (χ0) is 20.7. The summed E-state index contributed by atoms with van der Waals surface area (Å²) in [7, 11) is -3.55. The van der Waals surface area contributed by atoms with Crippen molar-refractivity contribution >= 4 is 21.6 Å². The molecular formula is C20H18ClN3O5S. The van der Waals surface area contributed by atoms with Gasteiger partial charge in [0.2, 0.25) is 28.5 Å². The topological polar surface area (TPSA) is 94.8 Å². The Bertz CT molecular complexity index is 1170. The fourth-order valence-corrected chi connectivity index (χ4v) is 5.25. The molecule has 3 heterocycles. The molecule has 2 aromatic carbocycles. The van der Waals surface area contributed by atoms with Gasteiger partial charge in [0.15, 0.2) is 11.5 Å². The van der Waals surface area contributed by atoms with Crippen LogP contribution in [0.4, 0.5) is 0 Å². The molecule has 8 nitrogen and oxygen atoms in total. The molecule has 30 heavy (non-hydrogen) atoms. The van der Waals surface area contributed by atoms with Crippen LogP contribution >= 0.6 is 11.6 Å². The molecule has 2 aliphatic heterocycles. The first kappa shape index (κ1) is 19.3. The predicted octanol–water partition coefficient (Wildman–Crippen LogP) is 3.69. The average molecular weight is 448 g/mol. The summed E-state index contributed by atoms with van der Waals surface area (Å²) in [5.41, 5.74) is 0.775. The SMILES string of the molecule is O=S(=O)(c1ccc(Cl)cc1)N1CCC(c2nc(-c3ccc4c(c3)OCO4)no2)CC1. The van der Waals surface area contributed by atoms with Crippen molar-refractivity contribution in [1.29, 1.82) is 0 Å². The van der Waals surface area contributed by atoms with Crippen molar-refractivity contribution < 1.29 is 22.4 Å². The number of benzene rings is 2. The molecule has 1 saturated heterocycles.